The SMILES string of the molecule is CCCNCC1(CN2CCSC(C)C2)CCOC1. The van der Waals surface area contributed by atoms with Gasteiger partial charge in [0.25, 0.3) is 0 Å². The van der Waals surface area contributed by atoms with Crippen molar-refractivity contribution >= 4 is 11.8 Å². The molecule has 2 saturated heterocycles. The summed E-state index contributed by atoms with van der Waals surface area (Å²) < 4.78 is 5.69. The van der Waals surface area contributed by atoms with Gasteiger partial charge < -0.3 is 15.0 Å². The normalized spacial score (nSPS) is 34.0. The van der Waals surface area contributed by atoms with Gasteiger partial charge in [0.05, 0.1) is 6.61 Å². The molecular weight excluding hydrogens is 244 g/mol. The Morgan fingerprint density at radius 3 is 3.06 bits per heavy atom. The second kappa shape index (κ2) is 7.13. The quantitative estimate of drug-likeness (QED) is 0.746. The van der Waals surface area contributed by atoms with E-state index in [-0.39, 0.29) is 0 Å². The van der Waals surface area contributed by atoms with Crippen LogP contribution in [-0.2, 0) is 4.74 Å². The van der Waals surface area contributed by atoms with Crippen LogP contribution in [0, 0.1) is 5.41 Å². The molecule has 106 valence electrons. The van der Waals surface area contributed by atoms with Gasteiger partial charge in [-0.2, -0.15) is 11.8 Å². The van der Waals surface area contributed by atoms with Gasteiger partial charge in [-0.15, -0.1) is 0 Å². The van der Waals surface area contributed by atoms with E-state index in [0.29, 0.717) is 5.41 Å². The number of rotatable bonds is 6. The number of hydrogen-bond donors (Lipinski definition) is 1. The standard InChI is InChI=1S/C14H28N2OS/c1-3-5-15-10-14(4-7-17-12-14)11-16-6-8-18-13(2)9-16/h13,15H,3-12H2,1-2H3. The molecule has 0 bridgehead atoms. The molecule has 0 radical (unpaired) electrons. The first-order valence-corrected chi connectivity index (χ1v) is 8.41. The Morgan fingerprint density at radius 1 is 1.50 bits per heavy atom. The molecule has 2 rings (SSSR count). The van der Waals surface area contributed by atoms with E-state index in [1.165, 1.54) is 38.2 Å². The highest BCUT2D eigenvalue weighted by Gasteiger charge is 2.37. The van der Waals surface area contributed by atoms with Crippen molar-refractivity contribution < 1.29 is 4.74 Å². The van der Waals surface area contributed by atoms with Crippen molar-refractivity contribution in [3.63, 3.8) is 0 Å². The number of thioether (sulfide) groups is 1. The molecule has 2 atom stereocenters. The van der Waals surface area contributed by atoms with E-state index in [9.17, 15) is 0 Å². The molecule has 2 unspecified atom stereocenters. The maximum Gasteiger partial charge on any atom is 0.0547 e. The van der Waals surface area contributed by atoms with Crippen LogP contribution in [0.25, 0.3) is 0 Å². The molecule has 0 saturated carbocycles. The first-order chi connectivity index (χ1) is 8.74. The Morgan fingerprint density at radius 2 is 2.39 bits per heavy atom. The van der Waals surface area contributed by atoms with Crippen LogP contribution >= 0.6 is 11.8 Å². The molecule has 2 aliphatic heterocycles. The van der Waals surface area contributed by atoms with E-state index in [1.54, 1.807) is 0 Å². The van der Waals surface area contributed by atoms with E-state index in [4.69, 9.17) is 4.74 Å². The fraction of sp³-hybridized carbons (Fsp3) is 1.00. The van der Waals surface area contributed by atoms with Crippen LogP contribution in [0.3, 0.4) is 0 Å². The molecule has 1 N–H and O–H groups in total. The largest absolute Gasteiger partial charge is 0.381 e. The van der Waals surface area contributed by atoms with E-state index in [0.717, 1.165) is 31.6 Å². The van der Waals surface area contributed by atoms with Gasteiger partial charge in [0, 0.05) is 49.2 Å². The summed E-state index contributed by atoms with van der Waals surface area (Å²) in [5, 5.41) is 4.40. The Labute approximate surface area is 116 Å². The Balaban J connectivity index is 1.84. The number of hydrogen-bond acceptors (Lipinski definition) is 4. The molecule has 0 aromatic carbocycles. The van der Waals surface area contributed by atoms with E-state index in [1.807, 2.05) is 0 Å². The van der Waals surface area contributed by atoms with Crippen molar-refractivity contribution in [2.75, 3.05) is 51.7 Å². The minimum Gasteiger partial charge on any atom is -0.381 e. The van der Waals surface area contributed by atoms with Gasteiger partial charge in [-0.1, -0.05) is 13.8 Å². The molecule has 0 aromatic heterocycles. The topological polar surface area (TPSA) is 24.5 Å². The van der Waals surface area contributed by atoms with Crippen molar-refractivity contribution in [1.82, 2.24) is 10.2 Å². The molecule has 0 spiro atoms. The van der Waals surface area contributed by atoms with Gasteiger partial charge in [-0.3, -0.25) is 0 Å². The summed E-state index contributed by atoms with van der Waals surface area (Å²) in [5.74, 6) is 1.29. The van der Waals surface area contributed by atoms with Crippen molar-refractivity contribution in [3.8, 4) is 0 Å². The maximum absolute atomic E-state index is 5.69. The Bertz CT molecular complexity index is 244. The smallest absolute Gasteiger partial charge is 0.0547 e. The summed E-state index contributed by atoms with van der Waals surface area (Å²) in [4.78, 5) is 2.66. The second-order valence-corrected chi connectivity index (χ2v) is 7.44. The first-order valence-electron chi connectivity index (χ1n) is 7.36. The summed E-state index contributed by atoms with van der Waals surface area (Å²) >= 11 is 2.11. The van der Waals surface area contributed by atoms with Gasteiger partial charge in [0.2, 0.25) is 0 Å². The third-order valence-corrected chi connectivity index (χ3v) is 5.13. The van der Waals surface area contributed by atoms with Gasteiger partial charge in [-0.25, -0.2) is 0 Å². The minimum absolute atomic E-state index is 0.372. The minimum atomic E-state index is 0.372. The van der Waals surface area contributed by atoms with E-state index < -0.39 is 0 Å². The summed E-state index contributed by atoms with van der Waals surface area (Å²) in [6.07, 6.45) is 2.44. The molecule has 4 heteroatoms. The Hall–Kier alpha value is 0.230. The lowest BCUT2D eigenvalue weighted by Crippen LogP contribution is -2.48. The summed E-state index contributed by atoms with van der Waals surface area (Å²) in [7, 11) is 0. The molecule has 2 heterocycles. The van der Waals surface area contributed by atoms with E-state index in [2.05, 4.69) is 35.8 Å². The van der Waals surface area contributed by atoms with Gasteiger partial charge in [-0.05, 0) is 19.4 Å². The molecule has 2 aliphatic rings. The zero-order valence-corrected chi connectivity index (χ0v) is 12.7. The molecule has 0 amide bonds. The van der Waals surface area contributed by atoms with Crippen molar-refractivity contribution in [2.45, 2.75) is 31.9 Å². The van der Waals surface area contributed by atoms with Gasteiger partial charge >= 0.3 is 0 Å². The molecular formula is C14H28N2OS. The highest BCUT2D eigenvalue weighted by Crippen LogP contribution is 2.30. The Kier molecular flexibility index (Phi) is 5.80. The zero-order chi connectivity index (χ0) is 12.8. The van der Waals surface area contributed by atoms with Crippen LogP contribution in [0.1, 0.15) is 26.7 Å². The van der Waals surface area contributed by atoms with Crippen LogP contribution < -0.4 is 5.32 Å². The maximum atomic E-state index is 5.69. The van der Waals surface area contributed by atoms with Crippen molar-refractivity contribution in [3.05, 3.63) is 0 Å². The van der Waals surface area contributed by atoms with E-state index >= 15 is 0 Å². The first kappa shape index (κ1) is 14.6. The van der Waals surface area contributed by atoms with Crippen LogP contribution in [0.4, 0.5) is 0 Å². The number of ether oxygens (including phenoxy) is 1. The summed E-state index contributed by atoms with van der Waals surface area (Å²) in [6.45, 7) is 12.5. The summed E-state index contributed by atoms with van der Waals surface area (Å²) in [6, 6.07) is 0. The van der Waals surface area contributed by atoms with Crippen LogP contribution in [0.5, 0.6) is 0 Å². The molecule has 18 heavy (non-hydrogen) atoms. The molecule has 2 fully saturated rings. The van der Waals surface area contributed by atoms with Crippen LogP contribution in [-0.4, -0.2) is 61.8 Å². The van der Waals surface area contributed by atoms with Gasteiger partial charge in [0.1, 0.15) is 0 Å². The average Bonchev–Trinajstić information content (AvgIpc) is 2.78. The lowest BCUT2D eigenvalue weighted by molar-refractivity contribution is 0.110. The van der Waals surface area contributed by atoms with Crippen LogP contribution in [0.15, 0.2) is 0 Å². The average molecular weight is 272 g/mol. The van der Waals surface area contributed by atoms with Crippen molar-refractivity contribution in [2.24, 2.45) is 5.41 Å². The van der Waals surface area contributed by atoms with Gasteiger partial charge in [0.15, 0.2) is 0 Å². The zero-order valence-electron chi connectivity index (χ0n) is 11.9. The molecule has 0 aromatic rings. The third kappa shape index (κ3) is 4.12. The summed E-state index contributed by atoms with van der Waals surface area (Å²) in [5.41, 5.74) is 0.372. The lowest BCUT2D eigenvalue weighted by Gasteiger charge is -2.38. The number of nitrogens with one attached hydrogen (secondary N) is 1. The lowest BCUT2D eigenvalue weighted by atomic mass is 9.86. The monoisotopic (exact) mass is 272 g/mol. The predicted molar refractivity (Wildman–Crippen MR) is 79.4 cm³/mol. The van der Waals surface area contributed by atoms with Crippen molar-refractivity contribution in [1.29, 1.82) is 0 Å². The third-order valence-electron chi connectivity index (χ3n) is 4.00. The predicted octanol–water partition coefficient (Wildman–Crippen LogP) is 1.83. The molecule has 3 nitrogen and oxygen atoms in total. The molecule has 0 aliphatic carbocycles. The van der Waals surface area contributed by atoms with Crippen LogP contribution in [0.2, 0.25) is 0 Å². The fourth-order valence-corrected chi connectivity index (χ4v) is 4.09. The highest BCUT2D eigenvalue weighted by molar-refractivity contribution is 7.99. The highest BCUT2D eigenvalue weighted by atomic mass is 32.2. The fourth-order valence-electron chi connectivity index (χ4n) is 3.01. The number of nitrogens with zero attached hydrogens (tertiary/aromatic N) is 1. The second-order valence-electron chi connectivity index (χ2n) is 5.90.